The molecule has 0 amide bonds. The van der Waals surface area contributed by atoms with E-state index in [0.717, 1.165) is 19.1 Å². The number of nitrogens with two attached hydrogens (primary N) is 1. The van der Waals surface area contributed by atoms with E-state index in [-0.39, 0.29) is 0 Å². The summed E-state index contributed by atoms with van der Waals surface area (Å²) in [7, 11) is 0. The molecule has 1 rings (SSSR count). The van der Waals surface area contributed by atoms with Gasteiger partial charge in [0.25, 0.3) is 0 Å². The zero-order valence-electron chi connectivity index (χ0n) is 8.09. The Morgan fingerprint density at radius 2 is 2.33 bits per heavy atom. The SMILES string of the molecule is CCC1CC(CCCN)CCO1. The molecule has 1 aliphatic heterocycles. The highest BCUT2D eigenvalue weighted by molar-refractivity contribution is 4.70. The van der Waals surface area contributed by atoms with Crippen LogP contribution in [0.2, 0.25) is 0 Å². The fourth-order valence-electron chi connectivity index (χ4n) is 1.91. The lowest BCUT2D eigenvalue weighted by molar-refractivity contribution is -0.0122. The van der Waals surface area contributed by atoms with Gasteiger partial charge in [0.2, 0.25) is 0 Å². The molecular weight excluding hydrogens is 150 g/mol. The quantitative estimate of drug-likeness (QED) is 0.701. The van der Waals surface area contributed by atoms with Gasteiger partial charge < -0.3 is 10.5 Å². The van der Waals surface area contributed by atoms with E-state index in [1.807, 2.05) is 0 Å². The summed E-state index contributed by atoms with van der Waals surface area (Å²) in [6, 6.07) is 0. The maximum absolute atomic E-state index is 5.61. The summed E-state index contributed by atoms with van der Waals surface area (Å²) in [5.74, 6) is 0.882. The van der Waals surface area contributed by atoms with Crippen LogP contribution in [0.1, 0.15) is 39.0 Å². The van der Waals surface area contributed by atoms with Gasteiger partial charge in [-0.3, -0.25) is 0 Å². The first-order chi connectivity index (χ1) is 5.86. The maximum Gasteiger partial charge on any atom is 0.0575 e. The molecule has 1 aliphatic rings. The minimum Gasteiger partial charge on any atom is -0.378 e. The zero-order valence-corrected chi connectivity index (χ0v) is 8.09. The first-order valence-electron chi connectivity index (χ1n) is 5.18. The van der Waals surface area contributed by atoms with Crippen molar-refractivity contribution in [2.75, 3.05) is 13.2 Å². The lowest BCUT2D eigenvalue weighted by Gasteiger charge is -2.28. The third kappa shape index (κ3) is 3.11. The number of hydrogen-bond donors (Lipinski definition) is 1. The highest BCUT2D eigenvalue weighted by atomic mass is 16.5. The largest absolute Gasteiger partial charge is 0.378 e. The van der Waals surface area contributed by atoms with Crippen LogP contribution >= 0.6 is 0 Å². The van der Waals surface area contributed by atoms with Gasteiger partial charge in [0.15, 0.2) is 0 Å². The van der Waals surface area contributed by atoms with Gasteiger partial charge in [-0.2, -0.15) is 0 Å². The van der Waals surface area contributed by atoms with E-state index in [2.05, 4.69) is 6.92 Å². The Balaban J connectivity index is 2.16. The smallest absolute Gasteiger partial charge is 0.0575 e. The molecule has 2 atom stereocenters. The van der Waals surface area contributed by atoms with Crippen LogP contribution in [0.3, 0.4) is 0 Å². The van der Waals surface area contributed by atoms with Crippen molar-refractivity contribution in [3.8, 4) is 0 Å². The average molecular weight is 171 g/mol. The standard InChI is InChI=1S/C10H21NO/c1-2-10-8-9(4-3-6-11)5-7-12-10/h9-10H,2-8,11H2,1H3. The van der Waals surface area contributed by atoms with Gasteiger partial charge >= 0.3 is 0 Å². The molecule has 0 aromatic carbocycles. The molecule has 0 aromatic heterocycles. The van der Waals surface area contributed by atoms with Gasteiger partial charge in [-0.25, -0.2) is 0 Å². The molecule has 0 aliphatic carbocycles. The van der Waals surface area contributed by atoms with Gasteiger partial charge in [0.05, 0.1) is 6.10 Å². The monoisotopic (exact) mass is 171 g/mol. The van der Waals surface area contributed by atoms with Crippen molar-refractivity contribution in [2.45, 2.75) is 45.1 Å². The summed E-state index contributed by atoms with van der Waals surface area (Å²) in [4.78, 5) is 0. The van der Waals surface area contributed by atoms with Gasteiger partial charge in [-0.05, 0) is 44.6 Å². The van der Waals surface area contributed by atoms with Crippen molar-refractivity contribution in [1.29, 1.82) is 0 Å². The zero-order chi connectivity index (χ0) is 8.81. The third-order valence-electron chi connectivity index (χ3n) is 2.75. The van der Waals surface area contributed by atoms with E-state index in [1.165, 1.54) is 32.1 Å². The molecule has 2 nitrogen and oxygen atoms in total. The topological polar surface area (TPSA) is 35.2 Å². The summed E-state index contributed by atoms with van der Waals surface area (Å²) >= 11 is 0. The molecule has 2 unspecified atom stereocenters. The highest BCUT2D eigenvalue weighted by Gasteiger charge is 2.20. The Morgan fingerprint density at radius 1 is 1.50 bits per heavy atom. The fraction of sp³-hybridized carbons (Fsp3) is 1.00. The predicted molar refractivity (Wildman–Crippen MR) is 51.0 cm³/mol. The van der Waals surface area contributed by atoms with Crippen LogP contribution in [-0.4, -0.2) is 19.3 Å². The van der Waals surface area contributed by atoms with Gasteiger partial charge in [0, 0.05) is 6.61 Å². The molecule has 0 aromatic rings. The van der Waals surface area contributed by atoms with E-state index >= 15 is 0 Å². The Bertz CT molecular complexity index is 116. The molecule has 2 N–H and O–H groups in total. The molecule has 1 fully saturated rings. The Hall–Kier alpha value is -0.0800. The molecule has 72 valence electrons. The first-order valence-corrected chi connectivity index (χ1v) is 5.18. The third-order valence-corrected chi connectivity index (χ3v) is 2.75. The van der Waals surface area contributed by atoms with E-state index in [4.69, 9.17) is 10.5 Å². The van der Waals surface area contributed by atoms with Crippen molar-refractivity contribution >= 4 is 0 Å². The highest BCUT2D eigenvalue weighted by Crippen LogP contribution is 2.25. The van der Waals surface area contributed by atoms with E-state index in [1.54, 1.807) is 0 Å². The van der Waals surface area contributed by atoms with E-state index < -0.39 is 0 Å². The normalized spacial score (nSPS) is 30.5. The lowest BCUT2D eigenvalue weighted by Crippen LogP contribution is -2.25. The molecule has 0 bridgehead atoms. The summed E-state index contributed by atoms with van der Waals surface area (Å²) in [6.07, 6.45) is 6.69. The first kappa shape index (κ1) is 10.0. The van der Waals surface area contributed by atoms with Crippen molar-refractivity contribution < 1.29 is 4.74 Å². The van der Waals surface area contributed by atoms with Crippen molar-refractivity contribution in [3.05, 3.63) is 0 Å². The molecule has 0 radical (unpaired) electrons. The van der Waals surface area contributed by atoms with Crippen molar-refractivity contribution in [3.63, 3.8) is 0 Å². The molecule has 0 saturated carbocycles. The molecule has 2 heteroatoms. The summed E-state index contributed by atoms with van der Waals surface area (Å²) in [5.41, 5.74) is 5.48. The van der Waals surface area contributed by atoms with Crippen LogP contribution in [0, 0.1) is 5.92 Å². The van der Waals surface area contributed by atoms with Gasteiger partial charge in [-0.1, -0.05) is 6.92 Å². The Labute approximate surface area is 75.5 Å². The van der Waals surface area contributed by atoms with E-state index in [9.17, 15) is 0 Å². The van der Waals surface area contributed by atoms with Crippen molar-refractivity contribution in [2.24, 2.45) is 11.7 Å². The molecule has 12 heavy (non-hydrogen) atoms. The Kier molecular flexibility index (Phi) is 4.62. The average Bonchev–Trinajstić information content (AvgIpc) is 2.15. The summed E-state index contributed by atoms with van der Waals surface area (Å²) in [6.45, 7) is 4.01. The minimum atomic E-state index is 0.529. The molecule has 1 saturated heterocycles. The number of rotatable bonds is 4. The molecule has 0 spiro atoms. The second-order valence-electron chi connectivity index (χ2n) is 3.72. The van der Waals surface area contributed by atoms with Crippen LogP contribution in [0.4, 0.5) is 0 Å². The molecular formula is C10H21NO. The van der Waals surface area contributed by atoms with E-state index in [0.29, 0.717) is 6.10 Å². The van der Waals surface area contributed by atoms with Gasteiger partial charge in [-0.15, -0.1) is 0 Å². The number of hydrogen-bond acceptors (Lipinski definition) is 2. The Morgan fingerprint density at radius 3 is 3.00 bits per heavy atom. The van der Waals surface area contributed by atoms with Crippen molar-refractivity contribution in [1.82, 2.24) is 0 Å². The van der Waals surface area contributed by atoms with Crippen LogP contribution < -0.4 is 5.73 Å². The van der Waals surface area contributed by atoms with Crippen LogP contribution in [0.25, 0.3) is 0 Å². The summed E-state index contributed by atoms with van der Waals surface area (Å²) in [5, 5.41) is 0. The number of ether oxygens (including phenoxy) is 1. The fourth-order valence-corrected chi connectivity index (χ4v) is 1.91. The van der Waals surface area contributed by atoms with Crippen LogP contribution in [-0.2, 0) is 4.74 Å². The van der Waals surface area contributed by atoms with Crippen LogP contribution in [0.15, 0.2) is 0 Å². The molecule has 1 heterocycles. The maximum atomic E-state index is 5.61. The summed E-state index contributed by atoms with van der Waals surface area (Å²) < 4.78 is 5.61. The van der Waals surface area contributed by atoms with Crippen LogP contribution in [0.5, 0.6) is 0 Å². The minimum absolute atomic E-state index is 0.529. The lowest BCUT2D eigenvalue weighted by atomic mass is 9.90. The second kappa shape index (κ2) is 5.55. The van der Waals surface area contributed by atoms with Gasteiger partial charge in [0.1, 0.15) is 0 Å². The second-order valence-corrected chi connectivity index (χ2v) is 3.72. The predicted octanol–water partition coefficient (Wildman–Crippen LogP) is 1.93.